The number of halogens is 1. The second kappa shape index (κ2) is 2.64. The number of aliphatic hydroxyl groups is 1. The first kappa shape index (κ1) is 9.80. The van der Waals surface area contributed by atoms with Crippen LogP contribution in [0.2, 0.25) is 0 Å². The normalized spacial score (nSPS) is 47.7. The van der Waals surface area contributed by atoms with Gasteiger partial charge >= 0.3 is 0 Å². The lowest BCUT2D eigenvalue weighted by atomic mass is 9.92. The van der Waals surface area contributed by atoms with Gasteiger partial charge in [-0.25, -0.2) is 4.39 Å². The van der Waals surface area contributed by atoms with E-state index < -0.39 is 11.3 Å². The Morgan fingerprint density at radius 3 is 3.13 bits per heavy atom. The highest BCUT2D eigenvalue weighted by molar-refractivity contribution is 7.13. The van der Waals surface area contributed by atoms with Gasteiger partial charge in [-0.3, -0.25) is 0 Å². The summed E-state index contributed by atoms with van der Waals surface area (Å²) in [6, 6.07) is 0. The van der Waals surface area contributed by atoms with Crippen molar-refractivity contribution in [3.05, 3.63) is 23.4 Å². The summed E-state index contributed by atoms with van der Waals surface area (Å²) in [5.41, 5.74) is -0.792. The average molecular weight is 227 g/mol. The molecule has 4 unspecified atom stereocenters. The summed E-state index contributed by atoms with van der Waals surface area (Å²) in [7, 11) is 2.63. The maximum Gasteiger partial charge on any atom is 0.149 e. The van der Waals surface area contributed by atoms with Crippen molar-refractivity contribution in [3.8, 4) is 0 Å². The van der Waals surface area contributed by atoms with Crippen molar-refractivity contribution < 1.29 is 9.50 Å². The predicted octanol–water partition coefficient (Wildman–Crippen LogP) is 1.79. The molecule has 4 heteroatoms. The van der Waals surface area contributed by atoms with Gasteiger partial charge in [0.25, 0.3) is 0 Å². The van der Waals surface area contributed by atoms with Crippen LogP contribution in [0.15, 0.2) is 23.4 Å². The molecule has 1 N–H and O–H groups in total. The van der Waals surface area contributed by atoms with E-state index in [4.69, 9.17) is 0 Å². The molecule has 3 rings (SSSR count). The van der Waals surface area contributed by atoms with Crippen LogP contribution in [0, 0.1) is 5.92 Å². The number of alkyl halides is 1. The zero-order chi connectivity index (χ0) is 10.8. The molecule has 0 aromatic rings. The van der Waals surface area contributed by atoms with Crippen LogP contribution in [-0.2, 0) is 0 Å². The molecule has 82 valence electrons. The summed E-state index contributed by atoms with van der Waals surface area (Å²) in [5, 5.41) is 10.4. The third-order valence-corrected chi connectivity index (χ3v) is 4.62. The zero-order valence-corrected chi connectivity index (χ0v) is 9.86. The molecular formula is C11H15FNOP. The maximum atomic E-state index is 14.1. The van der Waals surface area contributed by atoms with Crippen LogP contribution >= 0.6 is 9.39 Å². The summed E-state index contributed by atoms with van der Waals surface area (Å²) in [4.78, 5) is 0. The van der Waals surface area contributed by atoms with Gasteiger partial charge in [-0.15, -0.1) is 0 Å². The van der Waals surface area contributed by atoms with Gasteiger partial charge in [0.1, 0.15) is 11.3 Å². The van der Waals surface area contributed by atoms with E-state index in [1.165, 1.54) is 6.92 Å². The Bertz CT molecular complexity index is 390. The summed E-state index contributed by atoms with van der Waals surface area (Å²) < 4.78 is 16.2. The number of rotatable bonds is 0. The fourth-order valence-electron chi connectivity index (χ4n) is 3.01. The van der Waals surface area contributed by atoms with Crippen molar-refractivity contribution in [2.45, 2.75) is 31.0 Å². The van der Waals surface area contributed by atoms with Gasteiger partial charge in [-0.1, -0.05) is 12.2 Å². The highest BCUT2D eigenvalue weighted by Gasteiger charge is 2.78. The lowest BCUT2D eigenvalue weighted by Crippen LogP contribution is -2.32. The van der Waals surface area contributed by atoms with E-state index in [2.05, 4.69) is 9.39 Å². The van der Waals surface area contributed by atoms with Gasteiger partial charge in [0.2, 0.25) is 0 Å². The Labute approximate surface area is 91.1 Å². The first-order valence-corrected chi connectivity index (χ1v) is 5.85. The smallest absolute Gasteiger partial charge is 0.149 e. The zero-order valence-electron chi connectivity index (χ0n) is 8.70. The molecular weight excluding hydrogens is 212 g/mol. The largest absolute Gasteiger partial charge is 0.381 e. The Kier molecular flexibility index (Phi) is 1.72. The third-order valence-electron chi connectivity index (χ3n) is 4.10. The molecule has 0 amide bonds. The monoisotopic (exact) mass is 227 g/mol. The van der Waals surface area contributed by atoms with E-state index >= 15 is 0 Å². The van der Waals surface area contributed by atoms with Gasteiger partial charge in [-0.2, -0.15) is 0 Å². The van der Waals surface area contributed by atoms with Gasteiger partial charge in [-0.05, 0) is 29.2 Å². The first-order valence-electron chi connectivity index (χ1n) is 5.33. The highest BCUT2D eigenvalue weighted by atomic mass is 31.0. The lowest BCUT2D eigenvalue weighted by molar-refractivity contribution is 0.108. The molecule has 0 aromatic carbocycles. The lowest BCUT2D eigenvalue weighted by Gasteiger charge is -2.33. The average Bonchev–Trinajstić information content (AvgIpc) is 2.65. The van der Waals surface area contributed by atoms with E-state index in [0.29, 0.717) is 6.54 Å². The molecule has 0 spiro atoms. The quantitative estimate of drug-likeness (QED) is 0.638. The van der Waals surface area contributed by atoms with Gasteiger partial charge in [0.05, 0.1) is 5.92 Å². The van der Waals surface area contributed by atoms with Crippen LogP contribution in [0.1, 0.15) is 19.8 Å². The van der Waals surface area contributed by atoms with Gasteiger partial charge < -0.3 is 9.78 Å². The van der Waals surface area contributed by atoms with E-state index in [-0.39, 0.29) is 5.92 Å². The molecule has 1 saturated carbocycles. The van der Waals surface area contributed by atoms with Crippen molar-refractivity contribution in [1.29, 1.82) is 0 Å². The van der Waals surface area contributed by atoms with Crippen LogP contribution < -0.4 is 0 Å². The molecule has 3 aliphatic rings. The number of nitrogens with zero attached hydrogens (tertiary/aromatic N) is 1. The van der Waals surface area contributed by atoms with E-state index in [9.17, 15) is 9.50 Å². The summed E-state index contributed by atoms with van der Waals surface area (Å²) in [6.45, 7) is 2.11. The Hall–Kier alpha value is -0.400. The molecule has 0 radical (unpaired) electrons. The summed E-state index contributed by atoms with van der Waals surface area (Å²) >= 11 is 0. The molecule has 2 nitrogen and oxygen atoms in total. The minimum atomic E-state index is -1.46. The van der Waals surface area contributed by atoms with Crippen LogP contribution in [0.25, 0.3) is 0 Å². The fraction of sp³-hybridized carbons (Fsp3) is 0.636. The molecule has 2 aliphatic carbocycles. The standard InChI is InChI=1S/C11H15FNOP/c1-10(12)9-6-13(15)8-5-3-2-4-7(8)11(9,10)14/h2,4,9,14H,3,5-6,15H2,1H3. The van der Waals surface area contributed by atoms with E-state index in [1.54, 1.807) is 0 Å². The molecule has 4 atom stereocenters. The second-order valence-electron chi connectivity index (χ2n) is 4.85. The Morgan fingerprint density at radius 1 is 1.67 bits per heavy atom. The van der Waals surface area contributed by atoms with Crippen molar-refractivity contribution in [1.82, 2.24) is 4.67 Å². The van der Waals surface area contributed by atoms with Crippen molar-refractivity contribution in [3.63, 3.8) is 0 Å². The number of allylic oxidation sites excluding steroid dienone is 2. The molecule has 0 saturated heterocycles. The van der Waals surface area contributed by atoms with Crippen molar-refractivity contribution in [2.24, 2.45) is 5.92 Å². The molecule has 0 aromatic heterocycles. The summed E-state index contributed by atoms with van der Waals surface area (Å²) in [5.74, 6) is -0.274. The highest BCUT2D eigenvalue weighted by Crippen LogP contribution is 2.65. The first-order chi connectivity index (χ1) is 6.99. The number of hydrogen-bond acceptors (Lipinski definition) is 2. The second-order valence-corrected chi connectivity index (χ2v) is 5.47. The van der Waals surface area contributed by atoms with Crippen LogP contribution in [0.5, 0.6) is 0 Å². The van der Waals surface area contributed by atoms with E-state index in [1.807, 2.05) is 16.8 Å². The molecule has 1 aliphatic heterocycles. The third kappa shape index (κ3) is 0.963. The minimum Gasteiger partial charge on any atom is -0.381 e. The van der Waals surface area contributed by atoms with Crippen molar-refractivity contribution in [2.75, 3.05) is 6.54 Å². The Balaban J connectivity index is 2.12. The predicted molar refractivity (Wildman–Crippen MR) is 59.8 cm³/mol. The van der Waals surface area contributed by atoms with E-state index in [0.717, 1.165) is 24.1 Å². The molecule has 15 heavy (non-hydrogen) atoms. The molecule has 1 fully saturated rings. The van der Waals surface area contributed by atoms with Gasteiger partial charge in [0.15, 0.2) is 0 Å². The van der Waals surface area contributed by atoms with Crippen LogP contribution in [-0.4, -0.2) is 27.6 Å². The Morgan fingerprint density at radius 2 is 2.40 bits per heavy atom. The minimum absolute atomic E-state index is 0.274. The fourth-order valence-corrected chi connectivity index (χ4v) is 3.49. The summed E-state index contributed by atoms with van der Waals surface area (Å²) in [6.07, 6.45) is 5.80. The van der Waals surface area contributed by atoms with Crippen molar-refractivity contribution >= 4 is 9.39 Å². The topological polar surface area (TPSA) is 23.5 Å². The molecule has 1 heterocycles. The van der Waals surface area contributed by atoms with Crippen LogP contribution in [0.4, 0.5) is 4.39 Å². The number of hydrogen-bond donors (Lipinski definition) is 1. The molecule has 0 bridgehead atoms. The van der Waals surface area contributed by atoms with Gasteiger partial charge in [0, 0.05) is 17.8 Å². The number of fused-ring (bicyclic) bond motifs is 2. The van der Waals surface area contributed by atoms with Crippen LogP contribution in [0.3, 0.4) is 0 Å². The maximum absolute atomic E-state index is 14.1. The SMILES string of the molecule is CC1(F)C2CN(P)C3=C(C=CCC3)C21O.